The summed E-state index contributed by atoms with van der Waals surface area (Å²) < 4.78 is 11.4. The van der Waals surface area contributed by atoms with Crippen LogP contribution in [0, 0.1) is 13.8 Å². The normalized spacial score (nSPS) is 24.2. The fourth-order valence-corrected chi connectivity index (χ4v) is 5.54. The molecule has 1 N–H and O–H groups in total. The molecule has 2 aliphatic heterocycles. The van der Waals surface area contributed by atoms with Crippen LogP contribution in [-0.4, -0.2) is 60.7 Å². The first-order chi connectivity index (χ1) is 12.6. The van der Waals surface area contributed by atoms with Crippen LogP contribution in [0.5, 0.6) is 0 Å². The average molecular weight is 375 g/mol. The Labute approximate surface area is 158 Å². The number of nitrogens with one attached hydrogen (secondary N) is 1. The molecule has 0 spiro atoms. The van der Waals surface area contributed by atoms with Gasteiger partial charge in [0.05, 0.1) is 13.2 Å². The molecule has 1 amide bonds. The summed E-state index contributed by atoms with van der Waals surface area (Å²) in [6.45, 7) is 8.08. The summed E-state index contributed by atoms with van der Waals surface area (Å²) in [7, 11) is 0. The summed E-state index contributed by atoms with van der Waals surface area (Å²) in [6, 6.07) is 6.03. The number of hydrogen-bond acceptors (Lipinski definition) is 5. The van der Waals surface area contributed by atoms with Gasteiger partial charge >= 0.3 is 0 Å². The highest BCUT2D eigenvalue weighted by molar-refractivity contribution is 7.99. The maximum Gasteiger partial charge on any atom is 0.287 e. The third kappa shape index (κ3) is 3.15. The number of aryl methyl sites for hydroxylation is 2. The van der Waals surface area contributed by atoms with Gasteiger partial charge in [-0.1, -0.05) is 18.2 Å². The third-order valence-corrected chi connectivity index (χ3v) is 6.94. The standard InChI is InChI=1S/C20H26N2O3S/c1-14-4-3-5-16-15(2)18(25-17(14)16)19(23)21-12-20(6-11-26-13-20)22-7-9-24-10-8-22/h3-5H,6-13H2,1-2H3,(H,21,23)/t20-/m1/s1. The van der Waals surface area contributed by atoms with E-state index in [0.717, 1.165) is 66.3 Å². The highest BCUT2D eigenvalue weighted by Crippen LogP contribution is 2.34. The van der Waals surface area contributed by atoms with Crippen molar-refractivity contribution >= 4 is 28.6 Å². The molecule has 0 aliphatic carbocycles. The second kappa shape index (κ2) is 7.25. The quantitative estimate of drug-likeness (QED) is 0.892. The van der Waals surface area contributed by atoms with E-state index in [1.807, 2.05) is 43.8 Å². The van der Waals surface area contributed by atoms with Crippen LogP contribution in [0.15, 0.2) is 22.6 Å². The Hall–Kier alpha value is -1.50. The lowest BCUT2D eigenvalue weighted by Crippen LogP contribution is -2.59. The number of carbonyl (C=O) groups excluding carboxylic acids is 1. The Bertz CT molecular complexity index is 805. The van der Waals surface area contributed by atoms with Gasteiger partial charge in [0.1, 0.15) is 5.58 Å². The minimum Gasteiger partial charge on any atom is -0.450 e. The zero-order valence-electron chi connectivity index (χ0n) is 15.5. The number of carbonyl (C=O) groups is 1. The maximum absolute atomic E-state index is 12.9. The number of amides is 1. The Morgan fingerprint density at radius 1 is 1.31 bits per heavy atom. The highest BCUT2D eigenvalue weighted by Gasteiger charge is 2.41. The molecule has 1 aromatic carbocycles. The van der Waals surface area contributed by atoms with Crippen LogP contribution < -0.4 is 5.32 Å². The number of rotatable bonds is 4. The predicted octanol–water partition coefficient (Wildman–Crippen LogP) is 2.99. The first-order valence-electron chi connectivity index (χ1n) is 9.28. The van der Waals surface area contributed by atoms with Gasteiger partial charge in [-0.2, -0.15) is 11.8 Å². The minimum atomic E-state index is -0.109. The van der Waals surface area contributed by atoms with E-state index in [4.69, 9.17) is 9.15 Å². The molecular weight excluding hydrogens is 348 g/mol. The molecule has 2 fully saturated rings. The van der Waals surface area contributed by atoms with Crippen molar-refractivity contribution < 1.29 is 13.9 Å². The first kappa shape index (κ1) is 17.9. The fourth-order valence-electron chi connectivity index (χ4n) is 4.06. The van der Waals surface area contributed by atoms with Crippen molar-refractivity contribution in [3.63, 3.8) is 0 Å². The van der Waals surface area contributed by atoms with Gasteiger partial charge in [0.25, 0.3) is 5.91 Å². The molecule has 0 unspecified atom stereocenters. The molecule has 2 aliphatic rings. The summed E-state index contributed by atoms with van der Waals surface area (Å²) in [4.78, 5) is 15.4. The van der Waals surface area contributed by atoms with Gasteiger partial charge in [-0.25, -0.2) is 0 Å². The topological polar surface area (TPSA) is 54.7 Å². The second-order valence-electron chi connectivity index (χ2n) is 7.32. The van der Waals surface area contributed by atoms with E-state index in [0.29, 0.717) is 12.3 Å². The van der Waals surface area contributed by atoms with Crippen molar-refractivity contribution in [3.05, 3.63) is 35.1 Å². The predicted molar refractivity (Wildman–Crippen MR) is 105 cm³/mol. The largest absolute Gasteiger partial charge is 0.450 e. The van der Waals surface area contributed by atoms with Gasteiger partial charge in [0.15, 0.2) is 5.76 Å². The molecule has 0 radical (unpaired) electrons. The van der Waals surface area contributed by atoms with Crippen LogP contribution in [0.4, 0.5) is 0 Å². The molecule has 5 nitrogen and oxygen atoms in total. The van der Waals surface area contributed by atoms with E-state index in [1.54, 1.807) is 0 Å². The smallest absolute Gasteiger partial charge is 0.287 e. The summed E-state index contributed by atoms with van der Waals surface area (Å²) in [5, 5.41) is 4.19. The molecule has 3 heterocycles. The Kier molecular flexibility index (Phi) is 4.99. The van der Waals surface area contributed by atoms with Gasteiger partial charge in [-0.3, -0.25) is 9.69 Å². The highest BCUT2D eigenvalue weighted by atomic mass is 32.2. The van der Waals surface area contributed by atoms with Crippen molar-refractivity contribution in [1.82, 2.24) is 10.2 Å². The number of thioether (sulfide) groups is 1. The first-order valence-corrected chi connectivity index (χ1v) is 10.4. The van der Waals surface area contributed by atoms with Gasteiger partial charge in [-0.15, -0.1) is 0 Å². The van der Waals surface area contributed by atoms with Crippen LogP contribution in [0.1, 0.15) is 28.1 Å². The summed E-state index contributed by atoms with van der Waals surface area (Å²) in [5.74, 6) is 2.54. The van der Waals surface area contributed by atoms with Crippen molar-refractivity contribution in [2.24, 2.45) is 0 Å². The number of furan rings is 1. The van der Waals surface area contributed by atoms with Gasteiger partial charge in [0, 0.05) is 41.9 Å². The Balaban J connectivity index is 1.52. The third-order valence-electron chi connectivity index (χ3n) is 5.71. The van der Waals surface area contributed by atoms with Gasteiger partial charge in [0.2, 0.25) is 0 Å². The minimum absolute atomic E-state index is 0.0416. The summed E-state index contributed by atoms with van der Waals surface area (Å²) in [5.41, 5.74) is 2.83. The number of para-hydroxylation sites is 1. The number of hydrogen-bond donors (Lipinski definition) is 1. The summed E-state index contributed by atoms with van der Waals surface area (Å²) >= 11 is 1.97. The van der Waals surface area contributed by atoms with Crippen molar-refractivity contribution in [3.8, 4) is 0 Å². The maximum atomic E-state index is 12.9. The van der Waals surface area contributed by atoms with E-state index in [-0.39, 0.29) is 11.4 Å². The van der Waals surface area contributed by atoms with Gasteiger partial charge < -0.3 is 14.5 Å². The van der Waals surface area contributed by atoms with Crippen LogP contribution >= 0.6 is 11.8 Å². The van der Waals surface area contributed by atoms with Crippen LogP contribution in [0.3, 0.4) is 0 Å². The SMILES string of the molecule is Cc1c(C(=O)NC[C@]2(N3CCOCC3)CCSC2)oc2c(C)cccc12. The molecule has 0 bridgehead atoms. The molecule has 1 atom stereocenters. The molecule has 140 valence electrons. The van der Waals surface area contributed by atoms with Crippen molar-refractivity contribution in [1.29, 1.82) is 0 Å². The number of nitrogens with zero attached hydrogens (tertiary/aromatic N) is 1. The van der Waals surface area contributed by atoms with Crippen molar-refractivity contribution in [2.45, 2.75) is 25.8 Å². The lowest BCUT2D eigenvalue weighted by molar-refractivity contribution is -0.0129. The van der Waals surface area contributed by atoms with Crippen LogP contribution in [-0.2, 0) is 4.74 Å². The van der Waals surface area contributed by atoms with E-state index in [2.05, 4.69) is 10.2 Å². The monoisotopic (exact) mass is 374 g/mol. The Morgan fingerprint density at radius 3 is 2.81 bits per heavy atom. The fraction of sp³-hybridized carbons (Fsp3) is 0.550. The van der Waals surface area contributed by atoms with E-state index < -0.39 is 0 Å². The van der Waals surface area contributed by atoms with Crippen molar-refractivity contribution in [2.75, 3.05) is 44.4 Å². The zero-order chi connectivity index (χ0) is 18.1. The lowest BCUT2D eigenvalue weighted by atomic mass is 9.95. The van der Waals surface area contributed by atoms with Crippen LogP contribution in [0.2, 0.25) is 0 Å². The second-order valence-corrected chi connectivity index (χ2v) is 8.42. The number of morpholine rings is 1. The molecule has 4 rings (SSSR count). The van der Waals surface area contributed by atoms with Gasteiger partial charge in [-0.05, 0) is 31.6 Å². The molecule has 26 heavy (non-hydrogen) atoms. The van der Waals surface area contributed by atoms with E-state index in [1.165, 1.54) is 0 Å². The number of fused-ring (bicyclic) bond motifs is 1. The summed E-state index contributed by atoms with van der Waals surface area (Å²) in [6.07, 6.45) is 1.11. The zero-order valence-corrected chi connectivity index (χ0v) is 16.3. The number of benzene rings is 1. The van der Waals surface area contributed by atoms with E-state index in [9.17, 15) is 4.79 Å². The van der Waals surface area contributed by atoms with Crippen LogP contribution in [0.25, 0.3) is 11.0 Å². The number of ether oxygens (including phenoxy) is 1. The molecule has 0 saturated carbocycles. The average Bonchev–Trinajstić information content (AvgIpc) is 3.28. The molecule has 2 aromatic rings. The lowest BCUT2D eigenvalue weighted by Gasteiger charge is -2.42. The molecule has 1 aromatic heterocycles. The Morgan fingerprint density at radius 2 is 2.12 bits per heavy atom. The molecular formula is C20H26N2O3S. The van der Waals surface area contributed by atoms with E-state index >= 15 is 0 Å². The molecule has 2 saturated heterocycles. The molecule has 6 heteroatoms.